The first kappa shape index (κ1) is 15.0. The Kier molecular flexibility index (Phi) is 3.89. The molecule has 2 aromatic carbocycles. The Balaban J connectivity index is 2.02. The number of hydrogen-bond acceptors (Lipinski definition) is 2. The maximum absolute atomic E-state index is 13.0. The maximum atomic E-state index is 13.0. The fourth-order valence-corrected chi connectivity index (χ4v) is 4.41. The number of hydrogen-bond donors (Lipinski definition) is 0. The zero-order valence-electron chi connectivity index (χ0n) is 12.6. The van der Waals surface area contributed by atoms with Crippen LogP contribution in [-0.2, 0) is 23.0 Å². The van der Waals surface area contributed by atoms with E-state index in [9.17, 15) is 8.42 Å². The molecule has 0 bridgehead atoms. The van der Waals surface area contributed by atoms with Crippen molar-refractivity contribution in [3.05, 3.63) is 77.9 Å². The SMILES string of the molecule is C=C[C@H]1Cc2ccccc2CN1S(=O)(=O)c1ccc(C)cc1. The fourth-order valence-electron chi connectivity index (χ4n) is 2.83. The predicted molar refractivity (Wildman–Crippen MR) is 88.0 cm³/mol. The number of fused-ring (bicyclic) bond motifs is 1. The van der Waals surface area contributed by atoms with E-state index in [1.165, 1.54) is 5.56 Å². The number of benzene rings is 2. The van der Waals surface area contributed by atoms with Gasteiger partial charge in [-0.15, -0.1) is 6.58 Å². The van der Waals surface area contributed by atoms with Gasteiger partial charge in [0.2, 0.25) is 10.0 Å². The van der Waals surface area contributed by atoms with Crippen LogP contribution in [0.15, 0.2) is 66.1 Å². The second kappa shape index (κ2) is 5.71. The van der Waals surface area contributed by atoms with Gasteiger partial charge in [0.05, 0.1) is 4.90 Å². The highest BCUT2D eigenvalue weighted by Crippen LogP contribution is 2.29. The molecular weight excluding hydrogens is 294 g/mol. The minimum absolute atomic E-state index is 0.207. The van der Waals surface area contributed by atoms with E-state index >= 15 is 0 Å². The third-order valence-electron chi connectivity index (χ3n) is 4.14. The topological polar surface area (TPSA) is 37.4 Å². The molecule has 1 aliphatic heterocycles. The van der Waals surface area contributed by atoms with Gasteiger partial charge in [-0.2, -0.15) is 4.31 Å². The van der Waals surface area contributed by atoms with Gasteiger partial charge in [-0.1, -0.05) is 48.0 Å². The average Bonchev–Trinajstić information content (AvgIpc) is 2.54. The molecule has 0 fully saturated rings. The molecule has 22 heavy (non-hydrogen) atoms. The van der Waals surface area contributed by atoms with Crippen molar-refractivity contribution in [2.45, 2.75) is 30.8 Å². The Morgan fingerprint density at radius 3 is 2.36 bits per heavy atom. The summed E-state index contributed by atoms with van der Waals surface area (Å²) in [6, 6.07) is 14.8. The maximum Gasteiger partial charge on any atom is 0.243 e. The molecule has 0 saturated carbocycles. The predicted octanol–water partition coefficient (Wildman–Crippen LogP) is 3.30. The standard InChI is InChI=1S/C18H19NO2S/c1-3-17-12-15-6-4-5-7-16(15)13-19(17)22(20,21)18-10-8-14(2)9-11-18/h3-11,17H,1,12-13H2,2H3/t17-/m0/s1. The van der Waals surface area contributed by atoms with Gasteiger partial charge in [0, 0.05) is 12.6 Å². The Hall–Kier alpha value is -1.91. The van der Waals surface area contributed by atoms with Crippen molar-refractivity contribution in [3.63, 3.8) is 0 Å². The van der Waals surface area contributed by atoms with Crippen LogP contribution in [0.2, 0.25) is 0 Å². The van der Waals surface area contributed by atoms with Gasteiger partial charge in [-0.05, 0) is 36.6 Å². The molecule has 4 heteroatoms. The number of sulfonamides is 1. The molecule has 0 unspecified atom stereocenters. The lowest BCUT2D eigenvalue weighted by molar-refractivity contribution is 0.334. The molecular formula is C18H19NO2S. The fraction of sp³-hybridized carbons (Fsp3) is 0.222. The molecule has 3 rings (SSSR count). The van der Waals surface area contributed by atoms with Crippen molar-refractivity contribution in [1.82, 2.24) is 4.31 Å². The Morgan fingerprint density at radius 2 is 1.73 bits per heavy atom. The minimum atomic E-state index is -3.52. The second-order valence-electron chi connectivity index (χ2n) is 5.64. The first-order valence-electron chi connectivity index (χ1n) is 7.30. The van der Waals surface area contributed by atoms with Gasteiger partial charge in [-0.3, -0.25) is 0 Å². The van der Waals surface area contributed by atoms with E-state index in [4.69, 9.17) is 0 Å². The highest BCUT2D eigenvalue weighted by Gasteiger charge is 2.33. The summed E-state index contributed by atoms with van der Waals surface area (Å²) >= 11 is 0. The van der Waals surface area contributed by atoms with E-state index in [2.05, 4.69) is 12.6 Å². The van der Waals surface area contributed by atoms with Crippen LogP contribution in [0.5, 0.6) is 0 Å². The highest BCUT2D eigenvalue weighted by atomic mass is 32.2. The van der Waals surface area contributed by atoms with Crippen LogP contribution in [0, 0.1) is 6.92 Å². The summed E-state index contributed by atoms with van der Waals surface area (Å²) in [6.07, 6.45) is 2.40. The van der Waals surface area contributed by atoms with E-state index in [1.54, 1.807) is 22.5 Å². The molecule has 1 aliphatic rings. The number of rotatable bonds is 3. The summed E-state index contributed by atoms with van der Waals surface area (Å²) in [4.78, 5) is 0.337. The smallest absolute Gasteiger partial charge is 0.207 e. The number of nitrogens with zero attached hydrogens (tertiary/aromatic N) is 1. The van der Waals surface area contributed by atoms with E-state index in [-0.39, 0.29) is 6.04 Å². The summed E-state index contributed by atoms with van der Waals surface area (Å²) in [5.41, 5.74) is 3.31. The molecule has 0 aliphatic carbocycles. The summed E-state index contributed by atoms with van der Waals surface area (Å²) in [6.45, 7) is 6.16. The zero-order chi connectivity index (χ0) is 15.7. The molecule has 1 atom stereocenters. The summed E-state index contributed by atoms with van der Waals surface area (Å²) in [7, 11) is -3.52. The third-order valence-corrected chi connectivity index (χ3v) is 6.03. The van der Waals surface area contributed by atoms with Crippen molar-refractivity contribution in [2.24, 2.45) is 0 Å². The molecule has 2 aromatic rings. The van der Waals surface area contributed by atoms with E-state index in [0.717, 1.165) is 11.1 Å². The summed E-state index contributed by atoms with van der Waals surface area (Å²) < 4.78 is 27.5. The zero-order valence-corrected chi connectivity index (χ0v) is 13.4. The molecule has 114 valence electrons. The Bertz CT molecular complexity index is 794. The van der Waals surface area contributed by atoms with Crippen LogP contribution in [-0.4, -0.2) is 18.8 Å². The molecule has 0 radical (unpaired) electrons. The Labute approximate surface area is 132 Å². The normalized spacial score (nSPS) is 18.7. The van der Waals surface area contributed by atoms with Crippen molar-refractivity contribution < 1.29 is 8.42 Å². The van der Waals surface area contributed by atoms with Crippen molar-refractivity contribution in [2.75, 3.05) is 0 Å². The van der Waals surface area contributed by atoms with Crippen LogP contribution >= 0.6 is 0 Å². The van der Waals surface area contributed by atoms with Crippen LogP contribution in [0.3, 0.4) is 0 Å². The monoisotopic (exact) mass is 313 g/mol. The van der Waals surface area contributed by atoms with Crippen molar-refractivity contribution >= 4 is 10.0 Å². The first-order valence-corrected chi connectivity index (χ1v) is 8.74. The summed E-state index contributed by atoms with van der Waals surface area (Å²) in [5.74, 6) is 0. The quantitative estimate of drug-likeness (QED) is 0.815. The third kappa shape index (κ3) is 2.60. The minimum Gasteiger partial charge on any atom is -0.207 e. The molecule has 0 amide bonds. The van der Waals surface area contributed by atoms with E-state index in [1.807, 2.05) is 37.3 Å². The lowest BCUT2D eigenvalue weighted by Crippen LogP contribution is -2.43. The van der Waals surface area contributed by atoms with Crippen LogP contribution in [0.1, 0.15) is 16.7 Å². The lowest BCUT2D eigenvalue weighted by Gasteiger charge is -2.34. The molecule has 0 saturated heterocycles. The van der Waals surface area contributed by atoms with Crippen molar-refractivity contribution in [1.29, 1.82) is 0 Å². The molecule has 3 nitrogen and oxygen atoms in total. The highest BCUT2D eigenvalue weighted by molar-refractivity contribution is 7.89. The van der Waals surface area contributed by atoms with Gasteiger partial charge in [-0.25, -0.2) is 8.42 Å². The van der Waals surface area contributed by atoms with Gasteiger partial charge in [0.25, 0.3) is 0 Å². The first-order chi connectivity index (χ1) is 10.5. The van der Waals surface area contributed by atoms with Gasteiger partial charge in [0.1, 0.15) is 0 Å². The molecule has 0 aromatic heterocycles. The van der Waals surface area contributed by atoms with Crippen molar-refractivity contribution in [3.8, 4) is 0 Å². The second-order valence-corrected chi connectivity index (χ2v) is 7.53. The van der Waals surface area contributed by atoms with Gasteiger partial charge in [0.15, 0.2) is 0 Å². The Morgan fingerprint density at radius 1 is 1.09 bits per heavy atom. The number of aryl methyl sites for hydroxylation is 1. The average molecular weight is 313 g/mol. The van der Waals surface area contributed by atoms with Crippen LogP contribution in [0.4, 0.5) is 0 Å². The lowest BCUT2D eigenvalue weighted by atomic mass is 9.96. The molecule has 0 N–H and O–H groups in total. The summed E-state index contributed by atoms with van der Waals surface area (Å²) in [5, 5.41) is 0. The van der Waals surface area contributed by atoms with Crippen LogP contribution < -0.4 is 0 Å². The van der Waals surface area contributed by atoms with Crippen LogP contribution in [0.25, 0.3) is 0 Å². The largest absolute Gasteiger partial charge is 0.243 e. The molecule has 1 heterocycles. The van der Waals surface area contributed by atoms with E-state index < -0.39 is 10.0 Å². The molecule has 0 spiro atoms. The van der Waals surface area contributed by atoms with Gasteiger partial charge < -0.3 is 0 Å². The van der Waals surface area contributed by atoms with E-state index in [0.29, 0.717) is 17.9 Å². The van der Waals surface area contributed by atoms with Gasteiger partial charge >= 0.3 is 0 Å².